The highest BCUT2D eigenvalue weighted by Gasteiger charge is 2.21. The zero-order valence-electron chi connectivity index (χ0n) is 24.0. The van der Waals surface area contributed by atoms with Crippen molar-refractivity contribution in [1.82, 2.24) is 5.32 Å². The van der Waals surface area contributed by atoms with Crippen LogP contribution in [0.25, 0.3) is 11.8 Å². The van der Waals surface area contributed by atoms with Crippen LogP contribution in [0.4, 0.5) is 11.4 Å². The van der Waals surface area contributed by atoms with Crippen molar-refractivity contribution in [2.24, 2.45) is 5.10 Å². The van der Waals surface area contributed by atoms with Gasteiger partial charge in [-0.05, 0) is 80.3 Å². The molecule has 8 nitrogen and oxygen atoms in total. The number of rotatable bonds is 10. The van der Waals surface area contributed by atoms with Crippen molar-refractivity contribution in [1.29, 1.82) is 0 Å². The minimum absolute atomic E-state index is 0.171. The molecule has 2 amide bonds. The molecular formula is C33H35ClN4O4. The second-order valence-corrected chi connectivity index (χ2v) is 9.91. The Kier molecular flexibility index (Phi) is 12.2. The van der Waals surface area contributed by atoms with Crippen LogP contribution in [0.5, 0.6) is 0 Å². The third-order valence-corrected chi connectivity index (χ3v) is 6.54. The maximum Gasteiger partial charge on any atom is 0.257 e. The molecule has 0 aliphatic heterocycles. The number of methoxy groups -OCH3 is 1. The van der Waals surface area contributed by atoms with E-state index in [9.17, 15) is 9.59 Å². The first-order valence-corrected chi connectivity index (χ1v) is 13.8. The first-order valence-electron chi connectivity index (χ1n) is 13.4. The lowest BCUT2D eigenvalue weighted by Gasteiger charge is -2.28. The summed E-state index contributed by atoms with van der Waals surface area (Å²) in [5.74, 6) is -0.433. The van der Waals surface area contributed by atoms with Crippen molar-refractivity contribution in [3.05, 3.63) is 106 Å². The fourth-order valence-electron chi connectivity index (χ4n) is 4.31. The topological polar surface area (TPSA) is 100 Å². The van der Waals surface area contributed by atoms with Crippen LogP contribution in [0.1, 0.15) is 47.3 Å². The van der Waals surface area contributed by atoms with Crippen LogP contribution in [0, 0.1) is 0 Å². The lowest BCUT2D eigenvalue weighted by atomic mass is 9.93. The van der Waals surface area contributed by atoms with Crippen molar-refractivity contribution >= 4 is 59.1 Å². The highest BCUT2D eigenvalue weighted by molar-refractivity contribution is 6.34. The monoisotopic (exact) mass is 586 g/mol. The van der Waals surface area contributed by atoms with E-state index in [-0.39, 0.29) is 11.8 Å². The average molecular weight is 587 g/mol. The second kappa shape index (κ2) is 16.0. The van der Waals surface area contributed by atoms with E-state index in [1.54, 1.807) is 37.5 Å². The summed E-state index contributed by atoms with van der Waals surface area (Å²) in [5, 5.41) is 12.9. The zero-order chi connectivity index (χ0) is 30.5. The highest BCUT2D eigenvalue weighted by atomic mass is 35.5. The van der Waals surface area contributed by atoms with Gasteiger partial charge in [0.15, 0.2) is 0 Å². The molecule has 0 saturated heterocycles. The zero-order valence-corrected chi connectivity index (χ0v) is 24.8. The van der Waals surface area contributed by atoms with E-state index in [2.05, 4.69) is 22.8 Å². The van der Waals surface area contributed by atoms with Crippen LogP contribution in [0.3, 0.4) is 0 Å². The first-order chi connectivity index (χ1) is 20.4. The average Bonchev–Trinajstić information content (AvgIpc) is 3.00. The molecule has 0 atom stereocenters. The van der Waals surface area contributed by atoms with E-state index in [1.807, 2.05) is 62.0 Å². The Morgan fingerprint density at radius 2 is 1.81 bits per heavy atom. The molecule has 3 aromatic rings. The molecule has 0 aromatic heterocycles. The third-order valence-electron chi connectivity index (χ3n) is 6.21. The van der Waals surface area contributed by atoms with Crippen LogP contribution in [-0.4, -0.2) is 44.6 Å². The number of anilines is 2. The third kappa shape index (κ3) is 8.73. The van der Waals surface area contributed by atoms with Crippen molar-refractivity contribution < 1.29 is 19.1 Å². The highest BCUT2D eigenvalue weighted by Crippen LogP contribution is 2.35. The number of hydrogen-bond acceptors (Lipinski definition) is 6. The van der Waals surface area contributed by atoms with Gasteiger partial charge in [0, 0.05) is 36.7 Å². The number of ether oxygens (including phenoxy) is 1. The minimum Gasteiger partial charge on any atom is -0.383 e. The fraction of sp³-hybridized carbons (Fsp3) is 0.212. The molecule has 0 heterocycles. The Bertz CT molecular complexity index is 1480. The number of fused-ring (bicyclic) bond motifs is 1. The van der Waals surface area contributed by atoms with Gasteiger partial charge in [-0.25, -0.2) is 5.01 Å². The largest absolute Gasteiger partial charge is 0.383 e. The van der Waals surface area contributed by atoms with Gasteiger partial charge < -0.3 is 20.2 Å². The molecule has 0 spiro atoms. The summed E-state index contributed by atoms with van der Waals surface area (Å²) >= 11 is 6.23. The van der Waals surface area contributed by atoms with Gasteiger partial charge in [0.05, 0.1) is 28.6 Å². The number of nitrogens with one attached hydrogen (secondary N) is 2. The van der Waals surface area contributed by atoms with Crippen LogP contribution in [0.15, 0.2) is 84.0 Å². The molecule has 1 aliphatic carbocycles. The second-order valence-electron chi connectivity index (χ2n) is 9.50. The van der Waals surface area contributed by atoms with Crippen LogP contribution in [-0.2, 0) is 20.7 Å². The summed E-state index contributed by atoms with van der Waals surface area (Å²) in [6, 6.07) is 20.8. The van der Waals surface area contributed by atoms with Gasteiger partial charge in [-0.15, -0.1) is 0 Å². The quantitative estimate of drug-likeness (QED) is 0.124. The summed E-state index contributed by atoms with van der Waals surface area (Å²) in [4.78, 5) is 32.9. The Balaban J connectivity index is 0.00000237. The number of nitrogens with zero attached hydrogens (tertiary/aromatic N) is 2. The van der Waals surface area contributed by atoms with Crippen LogP contribution in [0.2, 0.25) is 5.02 Å². The molecular weight excluding hydrogens is 552 g/mol. The van der Waals surface area contributed by atoms with Gasteiger partial charge in [-0.2, -0.15) is 5.10 Å². The Morgan fingerprint density at radius 3 is 2.50 bits per heavy atom. The maximum atomic E-state index is 12.9. The van der Waals surface area contributed by atoms with E-state index >= 15 is 0 Å². The molecule has 0 bridgehead atoms. The molecule has 0 saturated carbocycles. The van der Waals surface area contributed by atoms with E-state index in [0.717, 1.165) is 41.1 Å². The Hall–Kier alpha value is -4.53. The van der Waals surface area contributed by atoms with Crippen molar-refractivity contribution in [2.45, 2.75) is 26.7 Å². The van der Waals surface area contributed by atoms with Crippen LogP contribution < -0.4 is 15.6 Å². The molecule has 0 radical (unpaired) electrons. The molecule has 1 aliphatic rings. The van der Waals surface area contributed by atoms with Gasteiger partial charge in [-0.1, -0.05) is 48.0 Å². The van der Waals surface area contributed by atoms with Gasteiger partial charge in [0.25, 0.3) is 5.91 Å². The number of aryl methyl sites for hydroxylation is 1. The summed E-state index contributed by atoms with van der Waals surface area (Å²) < 4.78 is 4.95. The Labute approximate surface area is 251 Å². The number of benzene rings is 3. The number of hydrazone groups is 1. The molecule has 9 heteroatoms. The smallest absolute Gasteiger partial charge is 0.257 e. The van der Waals surface area contributed by atoms with E-state index in [4.69, 9.17) is 26.2 Å². The lowest BCUT2D eigenvalue weighted by molar-refractivity contribution is -0.116. The van der Waals surface area contributed by atoms with E-state index in [1.165, 1.54) is 11.6 Å². The normalized spacial score (nSPS) is 11.9. The number of hydrogen-bond donors (Lipinski definition) is 2. The predicted molar refractivity (Wildman–Crippen MR) is 171 cm³/mol. The molecule has 2 N–H and O–H groups in total. The number of allylic oxidation sites excluding steroid dienone is 1. The number of halogens is 1. The number of carbonyl (C=O) groups is 3. The van der Waals surface area contributed by atoms with Crippen LogP contribution >= 0.6 is 11.6 Å². The molecule has 42 heavy (non-hydrogen) atoms. The molecule has 0 unspecified atom stereocenters. The van der Waals surface area contributed by atoms with Crippen molar-refractivity contribution in [3.8, 4) is 0 Å². The van der Waals surface area contributed by atoms with E-state index < -0.39 is 0 Å². The number of amides is 2. The molecule has 3 aromatic carbocycles. The van der Waals surface area contributed by atoms with Crippen molar-refractivity contribution in [3.63, 3.8) is 0 Å². The minimum atomic E-state index is -0.262. The lowest BCUT2D eigenvalue weighted by Crippen LogP contribution is -2.24. The SMILES string of the molecule is C=O.COCCNC(=O)/C=C/c1ccc(N(N=C(C)C)C2=CCCc3ccc(NC(=O)c4ccccc4Cl)cc32)cc1. The summed E-state index contributed by atoms with van der Waals surface area (Å²) in [6.45, 7) is 6.84. The maximum absolute atomic E-state index is 12.9. The van der Waals surface area contributed by atoms with Gasteiger partial charge >= 0.3 is 0 Å². The fourth-order valence-corrected chi connectivity index (χ4v) is 4.54. The summed E-state index contributed by atoms with van der Waals surface area (Å²) in [7, 11) is 1.60. The van der Waals surface area contributed by atoms with Gasteiger partial charge in [-0.3, -0.25) is 9.59 Å². The van der Waals surface area contributed by atoms with Crippen molar-refractivity contribution in [2.75, 3.05) is 30.6 Å². The first kappa shape index (κ1) is 32.0. The Morgan fingerprint density at radius 1 is 1.07 bits per heavy atom. The summed E-state index contributed by atoms with van der Waals surface area (Å²) in [6.07, 6.45) is 7.23. The van der Waals surface area contributed by atoms with Gasteiger partial charge in [0.2, 0.25) is 5.91 Å². The predicted octanol–water partition coefficient (Wildman–Crippen LogP) is 6.37. The standard InChI is InChI=1S/C32H33ClN4O3.CH2O/c1-22(2)36-37(26-16-11-23(12-17-26)13-18-31(38)34-19-20-40-3)30-10-6-7-24-14-15-25(21-28(24)30)35-32(39)27-8-4-5-9-29(27)33;1-2/h4-5,8-18,21H,6-7,19-20H2,1-3H3,(H,34,38)(H,35,39);1H2/b18-13+;. The van der Waals surface area contributed by atoms with Gasteiger partial charge in [0.1, 0.15) is 6.79 Å². The van der Waals surface area contributed by atoms with E-state index in [0.29, 0.717) is 29.4 Å². The molecule has 4 rings (SSSR count). The number of carbonyl (C=O) groups excluding carboxylic acids is 3. The molecule has 0 fully saturated rings. The summed E-state index contributed by atoms with van der Waals surface area (Å²) in [5.41, 5.74) is 6.90. The molecule has 218 valence electrons.